The Kier molecular flexibility index (Phi) is 6.40. The monoisotopic (exact) mass is 450 g/mol. The van der Waals surface area contributed by atoms with E-state index < -0.39 is 17.6 Å². The molecule has 7 heteroatoms. The third kappa shape index (κ3) is 5.18. The number of hydrogen-bond acceptors (Lipinski definition) is 4. The van der Waals surface area contributed by atoms with E-state index in [1.807, 2.05) is 24.3 Å². The van der Waals surface area contributed by atoms with E-state index in [9.17, 15) is 14.4 Å². The minimum atomic E-state index is -0.957. The summed E-state index contributed by atoms with van der Waals surface area (Å²) in [4.78, 5) is 36.0. The van der Waals surface area contributed by atoms with Crippen LogP contribution >= 0.6 is 0 Å². The molecule has 4 rings (SSSR count). The van der Waals surface area contributed by atoms with Gasteiger partial charge in [0.25, 0.3) is 0 Å². The highest BCUT2D eigenvalue weighted by Gasteiger charge is 2.35. The van der Waals surface area contributed by atoms with Gasteiger partial charge in [0.15, 0.2) is 0 Å². The highest BCUT2D eigenvalue weighted by atomic mass is 16.5. The number of aliphatic carboxylic acids is 1. The summed E-state index contributed by atoms with van der Waals surface area (Å²) in [6.45, 7) is 3.64. The molecule has 1 fully saturated rings. The summed E-state index contributed by atoms with van der Waals surface area (Å²) in [5.41, 5.74) is 3.86. The maximum absolute atomic E-state index is 12.6. The van der Waals surface area contributed by atoms with Crippen LogP contribution < -0.4 is 10.6 Å². The molecule has 2 aliphatic carbocycles. The maximum atomic E-state index is 12.6. The van der Waals surface area contributed by atoms with Crippen molar-refractivity contribution in [3.05, 3.63) is 59.7 Å². The van der Waals surface area contributed by atoms with Gasteiger partial charge in [-0.1, -0.05) is 48.5 Å². The van der Waals surface area contributed by atoms with E-state index in [0.29, 0.717) is 19.3 Å². The van der Waals surface area contributed by atoms with E-state index in [-0.39, 0.29) is 36.8 Å². The fourth-order valence-electron chi connectivity index (χ4n) is 5.02. The number of alkyl carbamates (subject to hydrolysis) is 1. The van der Waals surface area contributed by atoms with Crippen LogP contribution in [0.3, 0.4) is 0 Å². The first-order valence-electron chi connectivity index (χ1n) is 11.4. The Hall–Kier alpha value is -3.35. The van der Waals surface area contributed by atoms with Crippen molar-refractivity contribution in [3.8, 4) is 11.1 Å². The Labute approximate surface area is 193 Å². The fourth-order valence-corrected chi connectivity index (χ4v) is 5.02. The predicted molar refractivity (Wildman–Crippen MR) is 124 cm³/mol. The molecule has 2 aromatic rings. The van der Waals surface area contributed by atoms with Gasteiger partial charge < -0.3 is 20.5 Å². The van der Waals surface area contributed by atoms with Crippen LogP contribution in [0.1, 0.15) is 56.6 Å². The molecule has 0 radical (unpaired) electrons. The van der Waals surface area contributed by atoms with Crippen molar-refractivity contribution < 1.29 is 24.2 Å². The lowest BCUT2D eigenvalue weighted by Crippen LogP contribution is -2.47. The minimum Gasteiger partial charge on any atom is -0.481 e. The first-order valence-corrected chi connectivity index (χ1v) is 11.4. The van der Waals surface area contributed by atoms with Crippen molar-refractivity contribution in [1.82, 2.24) is 10.6 Å². The topological polar surface area (TPSA) is 105 Å². The highest BCUT2D eigenvalue weighted by Crippen LogP contribution is 2.44. The van der Waals surface area contributed by atoms with Crippen LogP contribution in [0.15, 0.2) is 48.5 Å². The first kappa shape index (κ1) is 22.8. The molecule has 2 aromatic carbocycles. The zero-order valence-electron chi connectivity index (χ0n) is 19.0. The van der Waals surface area contributed by atoms with Crippen LogP contribution in [0.5, 0.6) is 0 Å². The smallest absolute Gasteiger partial charge is 0.407 e. The number of carbonyl (C=O) groups is 3. The van der Waals surface area contributed by atoms with Gasteiger partial charge in [-0.2, -0.15) is 0 Å². The summed E-state index contributed by atoms with van der Waals surface area (Å²) in [6.07, 6.45) is 1.21. The lowest BCUT2D eigenvalue weighted by molar-refractivity contribution is -0.139. The number of rotatable bonds is 7. The third-order valence-electron chi connectivity index (χ3n) is 6.52. The largest absolute Gasteiger partial charge is 0.481 e. The second-order valence-corrected chi connectivity index (χ2v) is 9.62. The van der Waals surface area contributed by atoms with Crippen LogP contribution in [-0.4, -0.2) is 41.3 Å². The van der Waals surface area contributed by atoms with Crippen LogP contribution in [0.2, 0.25) is 0 Å². The average Bonchev–Trinajstić information content (AvgIpc) is 3.34. The number of fused-ring (bicyclic) bond motifs is 3. The van der Waals surface area contributed by atoms with Gasteiger partial charge in [0.05, 0.1) is 6.42 Å². The summed E-state index contributed by atoms with van der Waals surface area (Å²) in [6, 6.07) is 16.2. The number of carboxylic acid groups (broad SMARTS) is 1. The molecule has 0 bridgehead atoms. The molecule has 0 aliphatic heterocycles. The molecule has 2 aliphatic rings. The van der Waals surface area contributed by atoms with Gasteiger partial charge >= 0.3 is 12.1 Å². The van der Waals surface area contributed by atoms with Crippen molar-refractivity contribution in [3.63, 3.8) is 0 Å². The molecule has 0 heterocycles. The van der Waals surface area contributed by atoms with Crippen LogP contribution in [0.25, 0.3) is 11.1 Å². The quantitative estimate of drug-likeness (QED) is 0.590. The van der Waals surface area contributed by atoms with E-state index in [1.165, 1.54) is 11.1 Å². The Morgan fingerprint density at radius 1 is 1.00 bits per heavy atom. The Morgan fingerprint density at radius 2 is 1.61 bits per heavy atom. The van der Waals surface area contributed by atoms with Crippen molar-refractivity contribution in [2.45, 2.75) is 57.0 Å². The molecule has 3 N–H and O–H groups in total. The number of nitrogens with one attached hydrogen (secondary N) is 2. The Balaban J connectivity index is 1.29. The molecular formula is C26H30N2O5. The standard InChI is InChI=1S/C26H30N2O5/c1-26(2,14-23(29)30)28-24(31)16-11-12-17(13-16)27-25(32)33-15-22-20-9-5-3-7-18(20)19-8-4-6-10-21(19)22/h3-10,16-17,22H,11-15H2,1-2H3,(H,27,32)(H,28,31)(H,29,30). The van der Waals surface area contributed by atoms with Crippen LogP contribution in [-0.2, 0) is 14.3 Å². The van der Waals surface area contributed by atoms with E-state index >= 15 is 0 Å². The second kappa shape index (κ2) is 9.25. The molecule has 174 valence electrons. The average molecular weight is 451 g/mol. The maximum Gasteiger partial charge on any atom is 0.407 e. The zero-order chi connectivity index (χ0) is 23.6. The normalized spacial score (nSPS) is 19.5. The van der Waals surface area contributed by atoms with Crippen LogP contribution in [0.4, 0.5) is 4.79 Å². The molecule has 7 nitrogen and oxygen atoms in total. The molecule has 0 aromatic heterocycles. The Morgan fingerprint density at radius 3 is 2.21 bits per heavy atom. The van der Waals surface area contributed by atoms with E-state index in [1.54, 1.807) is 13.8 Å². The summed E-state index contributed by atoms with van der Waals surface area (Å²) in [5, 5.41) is 14.7. The lowest BCUT2D eigenvalue weighted by Gasteiger charge is -2.26. The SMILES string of the molecule is CC(C)(CC(=O)O)NC(=O)C1CCC(NC(=O)OCC2c3ccccc3-c3ccccc32)C1. The van der Waals surface area contributed by atoms with Crippen molar-refractivity contribution in [1.29, 1.82) is 0 Å². The highest BCUT2D eigenvalue weighted by molar-refractivity contribution is 5.81. The van der Waals surface area contributed by atoms with Gasteiger partial charge in [-0.05, 0) is 55.4 Å². The molecule has 2 unspecified atom stereocenters. The van der Waals surface area contributed by atoms with Crippen LogP contribution in [0, 0.1) is 5.92 Å². The predicted octanol–water partition coefficient (Wildman–Crippen LogP) is 4.06. The summed E-state index contributed by atoms with van der Waals surface area (Å²) in [5.74, 6) is -1.38. The van der Waals surface area contributed by atoms with Gasteiger partial charge in [-0.15, -0.1) is 0 Å². The molecule has 1 saturated carbocycles. The molecule has 33 heavy (non-hydrogen) atoms. The van der Waals surface area contributed by atoms with Crippen molar-refractivity contribution in [2.75, 3.05) is 6.61 Å². The number of benzene rings is 2. The summed E-state index contributed by atoms with van der Waals surface area (Å²) in [7, 11) is 0. The van der Waals surface area contributed by atoms with E-state index in [4.69, 9.17) is 9.84 Å². The number of ether oxygens (including phenoxy) is 1. The number of carbonyl (C=O) groups excluding carboxylic acids is 2. The minimum absolute atomic E-state index is 0.00159. The first-order chi connectivity index (χ1) is 15.7. The molecule has 2 amide bonds. The molecule has 0 saturated heterocycles. The second-order valence-electron chi connectivity index (χ2n) is 9.62. The molecule has 2 atom stereocenters. The van der Waals surface area contributed by atoms with Gasteiger partial charge in [-0.3, -0.25) is 9.59 Å². The van der Waals surface area contributed by atoms with E-state index in [2.05, 4.69) is 34.9 Å². The number of carboxylic acids is 1. The van der Waals surface area contributed by atoms with Gasteiger partial charge in [0.2, 0.25) is 5.91 Å². The van der Waals surface area contributed by atoms with Crippen molar-refractivity contribution in [2.24, 2.45) is 5.92 Å². The van der Waals surface area contributed by atoms with Gasteiger partial charge in [0, 0.05) is 23.4 Å². The van der Waals surface area contributed by atoms with Gasteiger partial charge in [-0.25, -0.2) is 4.79 Å². The molecular weight excluding hydrogens is 420 g/mol. The molecule has 0 spiro atoms. The summed E-state index contributed by atoms with van der Waals surface area (Å²) >= 11 is 0. The van der Waals surface area contributed by atoms with Crippen molar-refractivity contribution >= 4 is 18.0 Å². The fraction of sp³-hybridized carbons (Fsp3) is 0.423. The lowest BCUT2D eigenvalue weighted by atomic mass is 9.98. The number of amides is 2. The van der Waals surface area contributed by atoms with E-state index in [0.717, 1.165) is 11.1 Å². The van der Waals surface area contributed by atoms with Gasteiger partial charge in [0.1, 0.15) is 6.61 Å². The summed E-state index contributed by atoms with van der Waals surface area (Å²) < 4.78 is 5.61. The third-order valence-corrected chi connectivity index (χ3v) is 6.52. The Bertz CT molecular complexity index is 1020. The number of hydrogen-bond donors (Lipinski definition) is 3. The zero-order valence-corrected chi connectivity index (χ0v) is 19.0.